The minimum atomic E-state index is -3.28. The Hall–Kier alpha value is -0.890. The first-order valence-electron chi connectivity index (χ1n) is 8.08. The van der Waals surface area contributed by atoms with E-state index in [-0.39, 0.29) is 17.1 Å². The van der Waals surface area contributed by atoms with Gasteiger partial charge in [0.2, 0.25) is 10.0 Å². The zero-order valence-electron chi connectivity index (χ0n) is 14.2. The van der Waals surface area contributed by atoms with Crippen molar-refractivity contribution in [2.75, 3.05) is 25.2 Å². The summed E-state index contributed by atoms with van der Waals surface area (Å²) in [5.74, 6) is 0.901. The van der Waals surface area contributed by atoms with Crippen molar-refractivity contribution < 1.29 is 17.9 Å². The quantitative estimate of drug-likeness (QED) is 0.737. The van der Waals surface area contributed by atoms with E-state index in [0.29, 0.717) is 25.5 Å². The van der Waals surface area contributed by atoms with Crippen LogP contribution in [0.5, 0.6) is 0 Å². The summed E-state index contributed by atoms with van der Waals surface area (Å²) in [6, 6.07) is 9.73. The molecule has 2 atom stereocenters. The molecule has 7 heteroatoms. The fourth-order valence-corrected chi connectivity index (χ4v) is 4.83. The van der Waals surface area contributed by atoms with Gasteiger partial charge in [-0.2, -0.15) is 4.31 Å². The van der Waals surface area contributed by atoms with Gasteiger partial charge in [-0.15, -0.1) is 0 Å². The average Bonchev–Trinajstić information content (AvgIpc) is 2.53. The minimum Gasteiger partial charge on any atom is -0.375 e. The molecule has 1 fully saturated rings. The van der Waals surface area contributed by atoms with Gasteiger partial charge in [-0.3, -0.25) is 4.79 Å². The zero-order chi connectivity index (χ0) is 17.6. The van der Waals surface area contributed by atoms with Crippen LogP contribution in [0, 0.1) is 5.92 Å². The summed E-state index contributed by atoms with van der Waals surface area (Å²) in [4.78, 5) is 11.1. The third-order valence-electron chi connectivity index (χ3n) is 4.12. The van der Waals surface area contributed by atoms with Crippen LogP contribution in [0.2, 0.25) is 0 Å². The average molecular weight is 372 g/mol. The molecule has 0 aromatic heterocycles. The number of nitrogens with zero attached hydrogens (tertiary/aromatic N) is 1. The SMILES string of the molecule is CC(=O)SCC1CCC(COCc2ccccc2)N(S(C)(=O)=O)C1. The maximum Gasteiger partial charge on any atom is 0.211 e. The van der Waals surface area contributed by atoms with Gasteiger partial charge in [-0.05, 0) is 24.3 Å². The van der Waals surface area contributed by atoms with E-state index < -0.39 is 10.0 Å². The van der Waals surface area contributed by atoms with E-state index in [1.807, 2.05) is 30.3 Å². The second-order valence-electron chi connectivity index (χ2n) is 6.23. The van der Waals surface area contributed by atoms with Gasteiger partial charge in [-0.1, -0.05) is 42.1 Å². The van der Waals surface area contributed by atoms with Crippen molar-refractivity contribution >= 4 is 26.9 Å². The van der Waals surface area contributed by atoms with Crippen LogP contribution in [0.25, 0.3) is 0 Å². The van der Waals surface area contributed by atoms with Crippen molar-refractivity contribution in [1.29, 1.82) is 0 Å². The van der Waals surface area contributed by atoms with Crippen molar-refractivity contribution in [3.05, 3.63) is 35.9 Å². The highest BCUT2D eigenvalue weighted by atomic mass is 32.2. The Morgan fingerprint density at radius 3 is 2.62 bits per heavy atom. The molecule has 134 valence electrons. The molecule has 0 aliphatic carbocycles. The smallest absolute Gasteiger partial charge is 0.211 e. The number of hydrogen-bond acceptors (Lipinski definition) is 5. The highest BCUT2D eigenvalue weighted by molar-refractivity contribution is 8.13. The van der Waals surface area contributed by atoms with Crippen molar-refractivity contribution in [2.45, 2.75) is 32.4 Å². The maximum atomic E-state index is 12.1. The predicted molar refractivity (Wildman–Crippen MR) is 97.3 cm³/mol. The molecule has 0 N–H and O–H groups in total. The third kappa shape index (κ3) is 6.20. The number of carbonyl (C=O) groups is 1. The van der Waals surface area contributed by atoms with E-state index in [1.165, 1.54) is 18.0 Å². The Morgan fingerprint density at radius 1 is 1.29 bits per heavy atom. The van der Waals surface area contributed by atoms with E-state index in [0.717, 1.165) is 18.4 Å². The van der Waals surface area contributed by atoms with E-state index in [1.54, 1.807) is 11.2 Å². The van der Waals surface area contributed by atoms with Crippen LogP contribution in [0.1, 0.15) is 25.3 Å². The highest BCUT2D eigenvalue weighted by Crippen LogP contribution is 2.27. The molecule has 1 aliphatic rings. The lowest BCUT2D eigenvalue weighted by atomic mass is 9.96. The Labute approximate surface area is 148 Å². The lowest BCUT2D eigenvalue weighted by Gasteiger charge is -2.37. The molecule has 1 saturated heterocycles. The van der Waals surface area contributed by atoms with Gasteiger partial charge in [0.1, 0.15) is 0 Å². The number of benzene rings is 1. The fraction of sp³-hybridized carbons (Fsp3) is 0.588. The normalized spacial score (nSPS) is 22.4. The monoisotopic (exact) mass is 371 g/mol. The number of rotatable bonds is 7. The summed E-state index contributed by atoms with van der Waals surface area (Å²) in [5.41, 5.74) is 1.08. The van der Waals surface area contributed by atoms with Crippen LogP contribution in [0.4, 0.5) is 0 Å². The molecule has 1 heterocycles. The molecule has 0 amide bonds. The first-order valence-corrected chi connectivity index (χ1v) is 10.9. The van der Waals surface area contributed by atoms with Gasteiger partial charge in [0.15, 0.2) is 5.12 Å². The molecular weight excluding hydrogens is 346 g/mol. The summed E-state index contributed by atoms with van der Waals surface area (Å²) in [7, 11) is -3.28. The molecule has 1 aromatic carbocycles. The Morgan fingerprint density at radius 2 is 2.00 bits per heavy atom. The van der Waals surface area contributed by atoms with Crippen molar-refractivity contribution in [1.82, 2.24) is 4.31 Å². The highest BCUT2D eigenvalue weighted by Gasteiger charge is 2.34. The molecule has 1 aromatic rings. The van der Waals surface area contributed by atoms with Crippen LogP contribution in [-0.2, 0) is 26.2 Å². The first-order chi connectivity index (χ1) is 11.4. The third-order valence-corrected chi connectivity index (χ3v) is 6.47. The molecule has 2 rings (SSSR count). The topological polar surface area (TPSA) is 63.7 Å². The molecule has 0 radical (unpaired) electrons. The molecule has 5 nitrogen and oxygen atoms in total. The van der Waals surface area contributed by atoms with Gasteiger partial charge >= 0.3 is 0 Å². The van der Waals surface area contributed by atoms with Gasteiger partial charge in [0.25, 0.3) is 0 Å². The number of ether oxygens (including phenoxy) is 1. The summed E-state index contributed by atoms with van der Waals surface area (Å²) >= 11 is 1.28. The van der Waals surface area contributed by atoms with Crippen molar-refractivity contribution in [3.63, 3.8) is 0 Å². The predicted octanol–water partition coefficient (Wildman–Crippen LogP) is 2.52. The molecular formula is C17H25NO4S2. The van der Waals surface area contributed by atoms with Crippen LogP contribution in [0.15, 0.2) is 30.3 Å². The summed E-state index contributed by atoms with van der Waals surface area (Å²) in [5, 5.41) is 0.0780. The molecule has 2 unspecified atom stereocenters. The maximum absolute atomic E-state index is 12.1. The second kappa shape index (κ2) is 8.99. The number of thioether (sulfide) groups is 1. The molecule has 0 bridgehead atoms. The number of carbonyl (C=O) groups excluding carboxylic acids is 1. The summed E-state index contributed by atoms with van der Waals surface area (Å²) in [6.07, 6.45) is 2.94. The van der Waals surface area contributed by atoms with Gasteiger partial charge in [0, 0.05) is 25.3 Å². The van der Waals surface area contributed by atoms with Crippen LogP contribution in [-0.4, -0.2) is 49.0 Å². The van der Waals surface area contributed by atoms with Crippen LogP contribution in [0.3, 0.4) is 0 Å². The standard InChI is InChI=1S/C17H25NO4S2/c1-14(19)23-13-16-8-9-17(18(10-16)24(2,20)21)12-22-11-15-6-4-3-5-7-15/h3-7,16-17H,8-13H2,1-2H3. The van der Waals surface area contributed by atoms with E-state index in [2.05, 4.69) is 0 Å². The molecule has 1 aliphatic heterocycles. The zero-order valence-corrected chi connectivity index (χ0v) is 15.8. The lowest BCUT2D eigenvalue weighted by Crippen LogP contribution is -2.49. The number of piperidine rings is 1. The van der Waals surface area contributed by atoms with E-state index >= 15 is 0 Å². The van der Waals surface area contributed by atoms with Crippen molar-refractivity contribution in [2.24, 2.45) is 5.92 Å². The molecule has 0 spiro atoms. The fourth-order valence-electron chi connectivity index (χ4n) is 2.90. The summed E-state index contributed by atoms with van der Waals surface area (Å²) in [6.45, 7) is 2.90. The van der Waals surface area contributed by atoms with Gasteiger partial charge in [0.05, 0.1) is 19.5 Å². The van der Waals surface area contributed by atoms with Crippen molar-refractivity contribution in [3.8, 4) is 0 Å². The van der Waals surface area contributed by atoms with Crippen LogP contribution >= 0.6 is 11.8 Å². The number of sulfonamides is 1. The molecule has 24 heavy (non-hydrogen) atoms. The number of hydrogen-bond donors (Lipinski definition) is 0. The van der Waals surface area contributed by atoms with E-state index in [4.69, 9.17) is 4.74 Å². The van der Waals surface area contributed by atoms with E-state index in [9.17, 15) is 13.2 Å². The van der Waals surface area contributed by atoms with Gasteiger partial charge in [-0.25, -0.2) is 8.42 Å². The van der Waals surface area contributed by atoms with Crippen LogP contribution < -0.4 is 0 Å². The molecule has 0 saturated carbocycles. The van der Waals surface area contributed by atoms with Gasteiger partial charge < -0.3 is 4.74 Å². The Kier molecular flexibility index (Phi) is 7.28. The summed E-state index contributed by atoms with van der Waals surface area (Å²) < 4.78 is 31.5. The lowest BCUT2D eigenvalue weighted by molar-refractivity contribution is -0.109. The Balaban J connectivity index is 1.90. The largest absolute Gasteiger partial charge is 0.375 e. The minimum absolute atomic E-state index is 0.0780. The second-order valence-corrected chi connectivity index (χ2v) is 9.37. The Bertz CT molecular complexity index is 633. The first kappa shape index (κ1) is 19.4.